The Kier molecular flexibility index (Phi) is 7.04. The molecular formula is C18H21FN4O2U. The quantitative estimate of drug-likeness (QED) is 0.477. The molecule has 0 amide bonds. The first-order valence-electron chi connectivity index (χ1n) is 8.09. The van der Waals surface area contributed by atoms with Gasteiger partial charge < -0.3 is 9.30 Å². The summed E-state index contributed by atoms with van der Waals surface area (Å²) in [5, 5.41) is 11.3. The summed E-state index contributed by atoms with van der Waals surface area (Å²) in [6.45, 7) is 0. The van der Waals surface area contributed by atoms with Crippen LogP contribution in [0.3, 0.4) is 0 Å². The van der Waals surface area contributed by atoms with E-state index in [9.17, 15) is 9.60 Å². The summed E-state index contributed by atoms with van der Waals surface area (Å²) < 4.78 is 20.6. The Balaban J connectivity index is 0.000000552. The molecule has 1 N–H and O–H groups in total. The topological polar surface area (TPSA) is 63.4 Å². The molecule has 8 heteroatoms. The molecule has 1 aliphatic rings. The van der Waals surface area contributed by atoms with Gasteiger partial charge in [-0.2, -0.15) is 0 Å². The first-order valence-corrected chi connectivity index (χ1v) is 8.09. The van der Waals surface area contributed by atoms with E-state index in [1.54, 1.807) is 12.3 Å². The van der Waals surface area contributed by atoms with Crippen molar-refractivity contribution in [3.8, 4) is 17.1 Å². The van der Waals surface area contributed by atoms with Crippen LogP contribution in [0.2, 0.25) is 0 Å². The molecule has 1 aliphatic carbocycles. The maximum Gasteiger partial charge on any atom is 0.222 e. The van der Waals surface area contributed by atoms with Crippen LogP contribution in [-0.4, -0.2) is 33.9 Å². The Morgan fingerprint density at radius 2 is 1.85 bits per heavy atom. The molecule has 136 valence electrons. The summed E-state index contributed by atoms with van der Waals surface area (Å²) in [6.07, 6.45) is 7.27. The molecule has 26 heavy (non-hydrogen) atoms. The summed E-state index contributed by atoms with van der Waals surface area (Å²) in [5.74, 6) is 0.337. The average molecular weight is 582 g/mol. The maximum absolute atomic E-state index is 13.5. The van der Waals surface area contributed by atoms with Gasteiger partial charge in [-0.1, -0.05) is 19.3 Å². The van der Waals surface area contributed by atoms with Crippen LogP contribution in [0.4, 0.5) is 10.2 Å². The molecular weight excluding hydrogens is 561 g/mol. The van der Waals surface area contributed by atoms with Crippen molar-refractivity contribution in [2.24, 2.45) is 7.05 Å². The normalized spacial score (nSPS) is 12.0. The van der Waals surface area contributed by atoms with Crippen molar-refractivity contribution in [1.82, 2.24) is 14.5 Å². The minimum atomic E-state index is -0.435. The minimum Gasteiger partial charge on any atom is -0.481 e. The monoisotopic (exact) mass is 582 g/mol. The number of rotatable bonds is 3. The number of anilines is 1. The number of aryl methyl sites for hydroxylation is 1. The predicted octanol–water partition coefficient (Wildman–Crippen LogP) is 3.78. The van der Waals surface area contributed by atoms with Crippen molar-refractivity contribution in [2.45, 2.75) is 19.3 Å². The summed E-state index contributed by atoms with van der Waals surface area (Å²) >= 11 is 0. The fraction of sp³-hybridized carbons (Fsp3) is 0.333. The molecule has 1 fully saturated rings. The number of aromatic nitrogens is 3. The van der Waals surface area contributed by atoms with E-state index >= 15 is 0 Å². The van der Waals surface area contributed by atoms with Crippen LogP contribution in [0.25, 0.3) is 22.2 Å². The Bertz CT molecular complexity index is 894. The molecule has 0 aromatic carbocycles. The molecule has 0 bridgehead atoms. The van der Waals surface area contributed by atoms with Gasteiger partial charge in [-0.3, -0.25) is 5.21 Å². The van der Waals surface area contributed by atoms with E-state index in [0.717, 1.165) is 27.9 Å². The van der Waals surface area contributed by atoms with Gasteiger partial charge in [0.1, 0.15) is 5.82 Å². The smallest absolute Gasteiger partial charge is 0.222 e. The van der Waals surface area contributed by atoms with E-state index in [1.165, 1.54) is 39.5 Å². The first kappa shape index (κ1) is 20.7. The molecule has 3 aromatic heterocycles. The second kappa shape index (κ2) is 8.85. The molecule has 3 aromatic rings. The molecule has 3 heterocycles. The molecule has 1 saturated carbocycles. The molecule has 0 saturated heterocycles. The first-order chi connectivity index (χ1) is 12.0. The van der Waals surface area contributed by atoms with Gasteiger partial charge in [0, 0.05) is 50.6 Å². The number of fused-ring (bicyclic) bond motifs is 1. The number of hydrogen-bond acceptors (Lipinski definition) is 5. The minimum absolute atomic E-state index is 0. The van der Waals surface area contributed by atoms with Gasteiger partial charge >= 0.3 is 0 Å². The van der Waals surface area contributed by atoms with Crippen LogP contribution in [0, 0.1) is 36.9 Å². The number of hydroxylamine groups is 1. The second-order valence-electron chi connectivity index (χ2n) is 5.98. The number of ether oxygens (including phenoxy) is 1. The SMILES string of the molecule is C1CC1.COc1ncc(F)cc1-c1cc2cc(N(C)O)ncc2n1C.[U]. The summed E-state index contributed by atoms with van der Waals surface area (Å²) in [7, 11) is 4.84. The predicted molar refractivity (Wildman–Crippen MR) is 94.5 cm³/mol. The van der Waals surface area contributed by atoms with Crippen molar-refractivity contribution in [1.29, 1.82) is 0 Å². The Morgan fingerprint density at radius 3 is 2.42 bits per heavy atom. The van der Waals surface area contributed by atoms with Crippen LogP contribution in [-0.2, 0) is 7.05 Å². The van der Waals surface area contributed by atoms with Crippen molar-refractivity contribution in [2.75, 3.05) is 19.2 Å². The van der Waals surface area contributed by atoms with E-state index in [0.29, 0.717) is 17.3 Å². The van der Waals surface area contributed by atoms with Gasteiger partial charge in [0.05, 0.1) is 36.3 Å². The summed E-state index contributed by atoms with van der Waals surface area (Å²) in [4.78, 5) is 8.12. The van der Waals surface area contributed by atoms with Gasteiger partial charge in [0.15, 0.2) is 5.82 Å². The molecule has 0 radical (unpaired) electrons. The van der Waals surface area contributed by atoms with E-state index in [-0.39, 0.29) is 31.1 Å². The van der Waals surface area contributed by atoms with E-state index in [1.807, 2.05) is 17.7 Å². The Morgan fingerprint density at radius 1 is 1.15 bits per heavy atom. The molecule has 6 nitrogen and oxygen atoms in total. The van der Waals surface area contributed by atoms with Crippen LogP contribution in [0.5, 0.6) is 5.88 Å². The fourth-order valence-electron chi connectivity index (χ4n) is 2.43. The third-order valence-electron chi connectivity index (χ3n) is 3.89. The van der Waals surface area contributed by atoms with Crippen molar-refractivity contribution in [3.05, 3.63) is 36.4 Å². The zero-order chi connectivity index (χ0) is 18.0. The maximum atomic E-state index is 13.5. The van der Waals surface area contributed by atoms with Crippen LogP contribution in [0.1, 0.15) is 19.3 Å². The molecule has 0 unspecified atom stereocenters. The average Bonchev–Trinajstić information content (AvgIpc) is 3.45. The zero-order valence-corrected chi connectivity index (χ0v) is 19.2. The second-order valence-corrected chi connectivity index (χ2v) is 5.98. The van der Waals surface area contributed by atoms with Gasteiger partial charge in [-0.15, -0.1) is 0 Å². The molecule has 0 atom stereocenters. The van der Waals surface area contributed by atoms with E-state index < -0.39 is 5.82 Å². The summed E-state index contributed by atoms with van der Waals surface area (Å²) in [6, 6.07) is 5.01. The number of methoxy groups -OCH3 is 1. The molecule has 0 spiro atoms. The van der Waals surface area contributed by atoms with Crippen molar-refractivity contribution >= 4 is 16.7 Å². The molecule has 4 rings (SSSR count). The van der Waals surface area contributed by atoms with Crippen LogP contribution < -0.4 is 9.80 Å². The van der Waals surface area contributed by atoms with Gasteiger partial charge in [0.2, 0.25) is 5.88 Å². The van der Waals surface area contributed by atoms with Crippen molar-refractivity contribution < 1.29 is 45.4 Å². The van der Waals surface area contributed by atoms with Gasteiger partial charge in [-0.05, 0) is 18.2 Å². The molecule has 0 aliphatic heterocycles. The van der Waals surface area contributed by atoms with Gasteiger partial charge in [-0.25, -0.2) is 19.4 Å². The van der Waals surface area contributed by atoms with Crippen molar-refractivity contribution in [3.63, 3.8) is 0 Å². The largest absolute Gasteiger partial charge is 0.481 e. The zero-order valence-electron chi connectivity index (χ0n) is 15.0. The third-order valence-corrected chi connectivity index (χ3v) is 3.89. The van der Waals surface area contributed by atoms with E-state index in [2.05, 4.69) is 9.97 Å². The van der Waals surface area contributed by atoms with Crippen LogP contribution in [0.15, 0.2) is 30.6 Å². The van der Waals surface area contributed by atoms with Crippen LogP contribution >= 0.6 is 0 Å². The standard InChI is InChI=1S/C15H15FN4O2.C3H6.U/c1-19-12(11-6-10(16)7-18-15(11)22-3)4-9-5-14(20(2)21)17-8-13(9)19;1-2-3-1;/h4-8,21H,1-3H3;1-3H2;. The Hall–Kier alpha value is -1.62. The number of pyridine rings is 2. The fourth-order valence-corrected chi connectivity index (χ4v) is 2.43. The van der Waals surface area contributed by atoms with Gasteiger partial charge in [0.25, 0.3) is 0 Å². The number of halogens is 1. The number of nitrogens with zero attached hydrogens (tertiary/aromatic N) is 4. The third kappa shape index (κ3) is 4.56. The summed E-state index contributed by atoms with van der Waals surface area (Å²) in [5.41, 5.74) is 2.16. The number of hydrogen-bond donors (Lipinski definition) is 1. The Labute approximate surface area is 175 Å². The van der Waals surface area contributed by atoms with E-state index in [4.69, 9.17) is 4.74 Å².